The van der Waals surface area contributed by atoms with Crippen molar-refractivity contribution in [3.63, 3.8) is 0 Å². The molecular formula is C19H28BrN. The van der Waals surface area contributed by atoms with Crippen molar-refractivity contribution < 1.29 is 0 Å². The lowest BCUT2D eigenvalue weighted by molar-refractivity contribution is 0.139. The van der Waals surface area contributed by atoms with Crippen molar-refractivity contribution in [3.05, 3.63) is 34.3 Å². The van der Waals surface area contributed by atoms with E-state index in [1.165, 1.54) is 55.0 Å². The van der Waals surface area contributed by atoms with E-state index in [-0.39, 0.29) is 0 Å². The van der Waals surface area contributed by atoms with Gasteiger partial charge < -0.3 is 5.32 Å². The fraction of sp³-hybridized carbons (Fsp3) is 0.684. The summed E-state index contributed by atoms with van der Waals surface area (Å²) in [5, 5.41) is 3.90. The smallest absolute Gasteiger partial charge is 0.0175 e. The summed E-state index contributed by atoms with van der Waals surface area (Å²) in [6.07, 6.45) is 11.4. The van der Waals surface area contributed by atoms with E-state index >= 15 is 0 Å². The predicted octanol–water partition coefficient (Wildman–Crippen LogP) is 5.33. The average molecular weight is 350 g/mol. The van der Waals surface area contributed by atoms with Crippen LogP contribution in [0.2, 0.25) is 0 Å². The van der Waals surface area contributed by atoms with Gasteiger partial charge in [-0.2, -0.15) is 0 Å². The van der Waals surface area contributed by atoms with Gasteiger partial charge in [0, 0.05) is 16.6 Å². The fourth-order valence-corrected chi connectivity index (χ4v) is 4.72. The molecule has 0 heterocycles. The Morgan fingerprint density at radius 3 is 2.52 bits per heavy atom. The lowest BCUT2D eigenvalue weighted by Gasteiger charge is -2.40. The third-order valence-electron chi connectivity index (χ3n) is 5.52. The summed E-state index contributed by atoms with van der Waals surface area (Å²) < 4.78 is 1.17. The van der Waals surface area contributed by atoms with Crippen LogP contribution in [-0.4, -0.2) is 12.1 Å². The second kappa shape index (κ2) is 7.28. The maximum atomic E-state index is 3.90. The Balaban J connectivity index is 1.48. The number of hydrogen-bond acceptors (Lipinski definition) is 1. The first-order valence-electron chi connectivity index (χ1n) is 8.71. The van der Waals surface area contributed by atoms with E-state index in [1.807, 2.05) is 0 Å². The molecule has 0 saturated heterocycles. The molecule has 0 aliphatic heterocycles. The summed E-state index contributed by atoms with van der Waals surface area (Å²) in [5.74, 6) is 2.07. The number of benzene rings is 1. The Kier molecular flexibility index (Phi) is 5.39. The number of halogens is 1. The predicted molar refractivity (Wildman–Crippen MR) is 93.5 cm³/mol. The molecule has 0 spiro atoms. The van der Waals surface area contributed by atoms with E-state index in [4.69, 9.17) is 0 Å². The molecule has 0 bridgehead atoms. The van der Waals surface area contributed by atoms with Gasteiger partial charge in [-0.25, -0.2) is 0 Å². The van der Waals surface area contributed by atoms with Crippen LogP contribution in [0.5, 0.6) is 0 Å². The Hall–Kier alpha value is -0.340. The van der Waals surface area contributed by atoms with E-state index in [0.717, 1.165) is 24.3 Å². The van der Waals surface area contributed by atoms with E-state index in [0.29, 0.717) is 6.04 Å². The van der Waals surface area contributed by atoms with Crippen LogP contribution >= 0.6 is 15.9 Å². The van der Waals surface area contributed by atoms with Gasteiger partial charge in [0.25, 0.3) is 0 Å². The van der Waals surface area contributed by atoms with Crippen LogP contribution in [0.4, 0.5) is 0 Å². The van der Waals surface area contributed by atoms with Gasteiger partial charge in [-0.3, -0.25) is 0 Å². The minimum atomic E-state index is 0.580. The molecule has 0 radical (unpaired) electrons. The molecule has 1 nitrogen and oxygen atoms in total. The Morgan fingerprint density at radius 1 is 1.05 bits per heavy atom. The second-order valence-corrected chi connectivity index (χ2v) is 8.13. The summed E-state index contributed by atoms with van der Waals surface area (Å²) in [6, 6.07) is 10.1. The minimum absolute atomic E-state index is 0.580. The molecule has 2 aliphatic rings. The molecule has 0 aromatic heterocycles. The van der Waals surface area contributed by atoms with Gasteiger partial charge in [-0.1, -0.05) is 53.7 Å². The van der Waals surface area contributed by atoms with Crippen molar-refractivity contribution >= 4 is 15.9 Å². The van der Waals surface area contributed by atoms with Crippen LogP contribution in [0.3, 0.4) is 0 Å². The van der Waals surface area contributed by atoms with Crippen molar-refractivity contribution in [2.75, 3.05) is 0 Å². The highest BCUT2D eigenvalue weighted by Crippen LogP contribution is 2.40. The van der Waals surface area contributed by atoms with Crippen LogP contribution in [0.25, 0.3) is 0 Å². The quantitative estimate of drug-likeness (QED) is 0.774. The molecule has 4 atom stereocenters. The van der Waals surface area contributed by atoms with Crippen LogP contribution in [0.1, 0.15) is 57.4 Å². The van der Waals surface area contributed by atoms with Crippen molar-refractivity contribution in [1.29, 1.82) is 0 Å². The number of fused-ring (bicyclic) bond motifs is 1. The maximum Gasteiger partial charge on any atom is 0.0175 e. The Labute approximate surface area is 138 Å². The molecule has 21 heavy (non-hydrogen) atoms. The van der Waals surface area contributed by atoms with E-state index in [1.54, 1.807) is 0 Å². The summed E-state index contributed by atoms with van der Waals surface area (Å²) in [7, 11) is 0. The van der Waals surface area contributed by atoms with Crippen molar-refractivity contribution in [2.45, 2.75) is 70.4 Å². The zero-order valence-electron chi connectivity index (χ0n) is 13.2. The molecule has 1 aromatic rings. The highest BCUT2D eigenvalue weighted by atomic mass is 79.9. The monoisotopic (exact) mass is 349 g/mol. The van der Waals surface area contributed by atoms with Gasteiger partial charge in [0.1, 0.15) is 0 Å². The second-order valence-electron chi connectivity index (χ2n) is 7.21. The minimum Gasteiger partial charge on any atom is -0.311 e. The highest BCUT2D eigenvalue weighted by molar-refractivity contribution is 9.10. The normalized spacial score (nSPS) is 30.7. The lowest BCUT2D eigenvalue weighted by Crippen LogP contribution is -2.43. The van der Waals surface area contributed by atoms with Gasteiger partial charge in [-0.15, -0.1) is 0 Å². The highest BCUT2D eigenvalue weighted by Gasteiger charge is 2.32. The third-order valence-corrected chi connectivity index (χ3v) is 6.04. The van der Waals surface area contributed by atoms with Gasteiger partial charge in [-0.05, 0) is 62.1 Å². The van der Waals surface area contributed by atoms with Crippen molar-refractivity contribution in [3.8, 4) is 0 Å². The van der Waals surface area contributed by atoms with Crippen molar-refractivity contribution in [1.82, 2.24) is 5.32 Å². The fourth-order valence-electron chi connectivity index (χ4n) is 4.46. The van der Waals surface area contributed by atoms with Gasteiger partial charge in [0.2, 0.25) is 0 Å². The SMILES string of the molecule is CC(Cc1ccc(Br)cc1)NC1CCC2CCCCC2C1. The summed E-state index contributed by atoms with van der Waals surface area (Å²) in [4.78, 5) is 0. The third kappa shape index (κ3) is 4.32. The van der Waals surface area contributed by atoms with Crippen LogP contribution in [-0.2, 0) is 6.42 Å². The molecule has 116 valence electrons. The molecule has 2 fully saturated rings. The van der Waals surface area contributed by atoms with E-state index in [2.05, 4.69) is 52.4 Å². The number of nitrogens with one attached hydrogen (secondary N) is 1. The standard InChI is InChI=1S/C19H28BrN/c1-14(12-15-6-9-18(20)10-7-15)21-19-11-8-16-4-2-3-5-17(16)13-19/h6-7,9-10,14,16-17,19,21H,2-5,8,11-13H2,1H3. The van der Waals surface area contributed by atoms with Crippen LogP contribution < -0.4 is 5.32 Å². The molecule has 0 amide bonds. The van der Waals surface area contributed by atoms with Gasteiger partial charge in [0.05, 0.1) is 0 Å². The summed E-state index contributed by atoms with van der Waals surface area (Å²) >= 11 is 3.51. The molecule has 1 aromatic carbocycles. The summed E-state index contributed by atoms with van der Waals surface area (Å²) in [6.45, 7) is 2.34. The zero-order chi connectivity index (χ0) is 14.7. The van der Waals surface area contributed by atoms with Gasteiger partial charge in [0.15, 0.2) is 0 Å². The number of hydrogen-bond donors (Lipinski definition) is 1. The maximum absolute atomic E-state index is 3.90. The largest absolute Gasteiger partial charge is 0.311 e. The molecule has 2 saturated carbocycles. The first kappa shape index (κ1) is 15.6. The molecular weight excluding hydrogens is 322 g/mol. The first-order chi connectivity index (χ1) is 10.2. The number of rotatable bonds is 4. The molecule has 1 N–H and O–H groups in total. The van der Waals surface area contributed by atoms with Gasteiger partial charge >= 0.3 is 0 Å². The molecule has 4 unspecified atom stereocenters. The molecule has 2 aliphatic carbocycles. The van der Waals surface area contributed by atoms with Crippen molar-refractivity contribution in [2.24, 2.45) is 11.8 Å². The molecule has 3 rings (SSSR count). The lowest BCUT2D eigenvalue weighted by atomic mass is 9.69. The van der Waals surface area contributed by atoms with E-state index < -0.39 is 0 Å². The molecule has 2 heteroatoms. The Morgan fingerprint density at radius 2 is 1.76 bits per heavy atom. The topological polar surface area (TPSA) is 12.0 Å². The average Bonchev–Trinajstić information content (AvgIpc) is 2.49. The van der Waals surface area contributed by atoms with Crippen LogP contribution in [0, 0.1) is 11.8 Å². The summed E-state index contributed by atoms with van der Waals surface area (Å²) in [5.41, 5.74) is 1.43. The Bertz CT molecular complexity index is 441. The van der Waals surface area contributed by atoms with Crippen LogP contribution in [0.15, 0.2) is 28.7 Å². The van der Waals surface area contributed by atoms with E-state index in [9.17, 15) is 0 Å². The first-order valence-corrected chi connectivity index (χ1v) is 9.50. The zero-order valence-corrected chi connectivity index (χ0v) is 14.7.